The number of rotatable bonds is 4. The molecule has 0 saturated carbocycles. The van der Waals surface area contributed by atoms with Crippen molar-refractivity contribution in [2.24, 2.45) is 0 Å². The Morgan fingerprint density at radius 1 is 1.21 bits per heavy atom. The van der Waals surface area contributed by atoms with Crippen molar-refractivity contribution in [1.82, 2.24) is 0 Å². The highest BCUT2D eigenvalue weighted by molar-refractivity contribution is 9.10. The molecule has 2 aromatic carbocycles. The van der Waals surface area contributed by atoms with E-state index in [1.807, 2.05) is 6.07 Å². The maximum atomic E-state index is 10.9. The summed E-state index contributed by atoms with van der Waals surface area (Å²) in [6, 6.07) is 11.9. The lowest BCUT2D eigenvalue weighted by Gasteiger charge is -2.10. The molecular weight excluding hydrogens is 312 g/mol. The fraction of sp³-hybridized carbons (Fsp3) is 0.0769. The summed E-state index contributed by atoms with van der Waals surface area (Å²) in [5, 5.41) is 14.0. The molecule has 0 atom stereocenters. The zero-order chi connectivity index (χ0) is 13.8. The minimum atomic E-state index is -0.420. The summed E-state index contributed by atoms with van der Waals surface area (Å²) in [5.74, 6) is 0.671. The molecule has 0 spiro atoms. The van der Waals surface area contributed by atoms with Crippen LogP contribution >= 0.6 is 15.9 Å². The highest BCUT2D eigenvalue weighted by Crippen LogP contribution is 2.33. The fourth-order valence-corrected chi connectivity index (χ4v) is 1.96. The van der Waals surface area contributed by atoms with E-state index in [1.54, 1.807) is 37.4 Å². The van der Waals surface area contributed by atoms with Crippen LogP contribution in [0.1, 0.15) is 0 Å². The summed E-state index contributed by atoms with van der Waals surface area (Å²) >= 11 is 3.39. The minimum absolute atomic E-state index is 0.0252. The van der Waals surface area contributed by atoms with Crippen LogP contribution in [0.15, 0.2) is 46.9 Å². The molecule has 0 bridgehead atoms. The van der Waals surface area contributed by atoms with Crippen LogP contribution in [0.2, 0.25) is 0 Å². The van der Waals surface area contributed by atoms with Gasteiger partial charge in [0, 0.05) is 16.6 Å². The summed E-state index contributed by atoms with van der Waals surface area (Å²) in [6.07, 6.45) is 0. The summed E-state index contributed by atoms with van der Waals surface area (Å²) in [4.78, 5) is 10.5. The monoisotopic (exact) mass is 322 g/mol. The van der Waals surface area contributed by atoms with Gasteiger partial charge in [0.15, 0.2) is 0 Å². The van der Waals surface area contributed by atoms with E-state index in [1.165, 1.54) is 6.07 Å². The van der Waals surface area contributed by atoms with Gasteiger partial charge < -0.3 is 10.1 Å². The molecule has 5 nitrogen and oxygen atoms in total. The Morgan fingerprint density at radius 3 is 2.63 bits per heavy atom. The van der Waals surface area contributed by atoms with Crippen molar-refractivity contribution in [3.05, 3.63) is 57.1 Å². The van der Waals surface area contributed by atoms with Gasteiger partial charge in [-0.3, -0.25) is 10.1 Å². The molecule has 0 radical (unpaired) electrons. The number of halogens is 1. The van der Waals surface area contributed by atoms with Gasteiger partial charge in [0.25, 0.3) is 5.69 Å². The number of ether oxygens (including phenoxy) is 1. The minimum Gasteiger partial charge on any atom is -0.497 e. The van der Waals surface area contributed by atoms with Gasteiger partial charge in [-0.1, -0.05) is 12.1 Å². The molecule has 2 rings (SSSR count). The van der Waals surface area contributed by atoms with E-state index in [0.717, 1.165) is 4.47 Å². The largest absolute Gasteiger partial charge is 0.497 e. The lowest BCUT2D eigenvalue weighted by molar-refractivity contribution is -0.383. The van der Waals surface area contributed by atoms with Gasteiger partial charge in [0.2, 0.25) is 0 Å². The van der Waals surface area contributed by atoms with E-state index in [2.05, 4.69) is 21.2 Å². The van der Waals surface area contributed by atoms with Gasteiger partial charge in [-0.2, -0.15) is 0 Å². The third kappa shape index (κ3) is 3.03. The van der Waals surface area contributed by atoms with Gasteiger partial charge in [-0.25, -0.2) is 0 Å². The second-order valence-electron chi connectivity index (χ2n) is 3.75. The molecule has 98 valence electrons. The molecule has 0 fully saturated rings. The van der Waals surface area contributed by atoms with Gasteiger partial charge in [-0.15, -0.1) is 0 Å². The quantitative estimate of drug-likeness (QED) is 0.679. The van der Waals surface area contributed by atoms with Crippen molar-refractivity contribution in [3.8, 4) is 5.75 Å². The Bertz CT molecular complexity index is 617. The lowest BCUT2D eigenvalue weighted by atomic mass is 10.2. The third-order valence-corrected chi connectivity index (χ3v) is 3.24. The number of nitrogens with one attached hydrogen (secondary N) is 1. The van der Waals surface area contributed by atoms with Crippen LogP contribution in [0, 0.1) is 10.1 Å². The molecule has 0 aromatic heterocycles. The second-order valence-corrected chi connectivity index (χ2v) is 4.60. The fourth-order valence-electron chi connectivity index (χ4n) is 1.61. The average molecular weight is 323 g/mol. The lowest BCUT2D eigenvalue weighted by Crippen LogP contribution is -1.97. The third-order valence-electron chi connectivity index (χ3n) is 2.54. The van der Waals surface area contributed by atoms with Crippen molar-refractivity contribution in [2.45, 2.75) is 0 Å². The highest BCUT2D eigenvalue weighted by atomic mass is 79.9. The summed E-state index contributed by atoms with van der Waals surface area (Å²) in [5.41, 5.74) is 1.16. The molecule has 0 amide bonds. The van der Waals surface area contributed by atoms with Crippen molar-refractivity contribution in [2.75, 3.05) is 12.4 Å². The normalized spacial score (nSPS) is 10.0. The molecule has 1 N–H and O–H groups in total. The number of nitro benzene ring substituents is 1. The number of benzene rings is 2. The van der Waals surface area contributed by atoms with Gasteiger partial charge in [-0.05, 0) is 34.1 Å². The first-order chi connectivity index (χ1) is 9.11. The van der Waals surface area contributed by atoms with E-state index in [-0.39, 0.29) is 5.69 Å². The molecule has 0 aliphatic carbocycles. The first-order valence-electron chi connectivity index (χ1n) is 5.46. The molecule has 0 unspecified atom stereocenters. The first-order valence-corrected chi connectivity index (χ1v) is 6.25. The zero-order valence-corrected chi connectivity index (χ0v) is 11.7. The highest BCUT2D eigenvalue weighted by Gasteiger charge is 2.13. The topological polar surface area (TPSA) is 64.4 Å². The Hall–Kier alpha value is -2.08. The molecule has 0 aliphatic rings. The zero-order valence-electron chi connectivity index (χ0n) is 10.1. The summed E-state index contributed by atoms with van der Waals surface area (Å²) < 4.78 is 5.93. The number of nitro groups is 1. The predicted molar refractivity (Wildman–Crippen MR) is 77.1 cm³/mol. The Balaban J connectivity index is 2.38. The van der Waals surface area contributed by atoms with Crippen LogP contribution in [-0.4, -0.2) is 12.0 Å². The number of hydrogen-bond donors (Lipinski definition) is 1. The van der Waals surface area contributed by atoms with E-state index in [0.29, 0.717) is 17.1 Å². The van der Waals surface area contributed by atoms with Crippen molar-refractivity contribution >= 4 is 33.0 Å². The SMILES string of the molecule is COc1ccc(Br)c(Nc2ccccc2[N+](=O)[O-])c1. The van der Waals surface area contributed by atoms with E-state index < -0.39 is 4.92 Å². The van der Waals surface area contributed by atoms with Crippen molar-refractivity contribution in [3.63, 3.8) is 0 Å². The maximum absolute atomic E-state index is 10.9. The van der Waals surface area contributed by atoms with Crippen molar-refractivity contribution < 1.29 is 9.66 Å². The van der Waals surface area contributed by atoms with E-state index >= 15 is 0 Å². The second kappa shape index (κ2) is 5.71. The van der Waals surface area contributed by atoms with Gasteiger partial charge in [0.1, 0.15) is 11.4 Å². The maximum Gasteiger partial charge on any atom is 0.292 e. The molecule has 6 heteroatoms. The Morgan fingerprint density at radius 2 is 1.95 bits per heavy atom. The van der Waals surface area contributed by atoms with Crippen LogP contribution in [0.5, 0.6) is 5.75 Å². The molecule has 0 heterocycles. The van der Waals surface area contributed by atoms with Crippen molar-refractivity contribution in [1.29, 1.82) is 0 Å². The smallest absolute Gasteiger partial charge is 0.292 e. The van der Waals surface area contributed by atoms with E-state index in [9.17, 15) is 10.1 Å². The predicted octanol–water partition coefficient (Wildman–Crippen LogP) is 4.11. The molecule has 0 aliphatic heterocycles. The number of anilines is 2. The number of methoxy groups -OCH3 is 1. The summed E-state index contributed by atoms with van der Waals surface area (Å²) in [6.45, 7) is 0. The van der Waals surface area contributed by atoms with E-state index in [4.69, 9.17) is 4.74 Å². The average Bonchev–Trinajstić information content (AvgIpc) is 2.41. The van der Waals surface area contributed by atoms with Crippen LogP contribution in [0.25, 0.3) is 0 Å². The van der Waals surface area contributed by atoms with Crippen LogP contribution in [-0.2, 0) is 0 Å². The molecule has 2 aromatic rings. The van der Waals surface area contributed by atoms with Crippen LogP contribution in [0.4, 0.5) is 17.1 Å². The number of nitrogens with zero attached hydrogens (tertiary/aromatic N) is 1. The Kier molecular flexibility index (Phi) is 4.01. The van der Waals surface area contributed by atoms with Gasteiger partial charge >= 0.3 is 0 Å². The molecular formula is C13H11BrN2O3. The standard InChI is InChI=1S/C13H11BrN2O3/c1-19-9-6-7-10(14)12(8-9)15-11-4-2-3-5-13(11)16(17)18/h2-8,15H,1H3. The first kappa shape index (κ1) is 13.4. The van der Waals surface area contributed by atoms with Crippen LogP contribution < -0.4 is 10.1 Å². The number of para-hydroxylation sites is 2. The number of hydrogen-bond acceptors (Lipinski definition) is 4. The molecule has 19 heavy (non-hydrogen) atoms. The summed E-state index contributed by atoms with van der Waals surface area (Å²) in [7, 11) is 1.57. The van der Waals surface area contributed by atoms with Gasteiger partial charge in [0.05, 0.1) is 17.7 Å². The van der Waals surface area contributed by atoms with Crippen LogP contribution in [0.3, 0.4) is 0 Å². The Labute approximate surface area is 118 Å². The molecule has 0 saturated heterocycles.